The highest BCUT2D eigenvalue weighted by Crippen LogP contribution is 2.36. The molecule has 2 aromatic carbocycles. The number of rotatable bonds is 9. The van der Waals surface area contributed by atoms with Crippen LogP contribution < -0.4 is 33.8 Å². The molecule has 0 saturated carbocycles. The normalized spacial score (nSPS) is 15.0. The third-order valence-electron chi connectivity index (χ3n) is 6.04. The predicted molar refractivity (Wildman–Crippen MR) is 144 cm³/mol. The number of fused-ring (bicyclic) bond motifs is 1. The van der Waals surface area contributed by atoms with Crippen LogP contribution in [-0.2, 0) is 9.53 Å². The van der Waals surface area contributed by atoms with Crippen LogP contribution in [0.3, 0.4) is 0 Å². The quantitative estimate of drug-likeness (QED) is 0.386. The topological polar surface area (TPSA) is 97.6 Å². The van der Waals surface area contributed by atoms with Crippen molar-refractivity contribution in [3.63, 3.8) is 0 Å². The summed E-state index contributed by atoms with van der Waals surface area (Å²) in [7, 11) is 4.70. The first-order valence-electron chi connectivity index (χ1n) is 12.1. The number of ether oxygens (including phenoxy) is 5. The number of carbonyl (C=O) groups excluding carboxylic acids is 1. The third kappa shape index (κ3) is 5.04. The average molecular weight is 539 g/mol. The summed E-state index contributed by atoms with van der Waals surface area (Å²) in [5, 5.41) is 0. The summed E-state index contributed by atoms with van der Waals surface area (Å²) in [6, 6.07) is 9.94. The molecule has 1 aromatic heterocycles. The Morgan fingerprint density at radius 1 is 1.00 bits per heavy atom. The van der Waals surface area contributed by atoms with Gasteiger partial charge in [0, 0.05) is 5.56 Å². The second kappa shape index (κ2) is 11.6. The Morgan fingerprint density at radius 2 is 1.74 bits per heavy atom. The molecule has 1 aliphatic heterocycles. The SMILES string of the molecule is CCOC(=O)C1=C(C)N=c2sc(=Cc3cc(OC)ccc3OC)c(=O)n2C1c1ccc(OC)c(OCC)c1. The zero-order chi connectivity index (χ0) is 27.4. The zero-order valence-corrected chi connectivity index (χ0v) is 23.0. The molecule has 0 amide bonds. The first kappa shape index (κ1) is 27.0. The molecule has 0 bridgehead atoms. The van der Waals surface area contributed by atoms with Crippen LogP contribution in [0.15, 0.2) is 57.5 Å². The summed E-state index contributed by atoms with van der Waals surface area (Å²) >= 11 is 1.23. The van der Waals surface area contributed by atoms with Crippen LogP contribution in [0.5, 0.6) is 23.0 Å². The van der Waals surface area contributed by atoms with Gasteiger partial charge in [0.15, 0.2) is 16.3 Å². The molecule has 2 heterocycles. The summed E-state index contributed by atoms with van der Waals surface area (Å²) in [6.45, 7) is 5.96. The molecule has 0 aliphatic carbocycles. The monoisotopic (exact) mass is 538 g/mol. The van der Waals surface area contributed by atoms with Crippen molar-refractivity contribution in [3.8, 4) is 23.0 Å². The Balaban J connectivity index is 1.98. The van der Waals surface area contributed by atoms with Gasteiger partial charge in [0.2, 0.25) is 0 Å². The Kier molecular flexibility index (Phi) is 8.21. The lowest BCUT2D eigenvalue weighted by molar-refractivity contribution is -0.139. The number of aromatic nitrogens is 1. The van der Waals surface area contributed by atoms with Crippen LogP contribution in [0.25, 0.3) is 6.08 Å². The maximum absolute atomic E-state index is 13.9. The highest BCUT2D eigenvalue weighted by molar-refractivity contribution is 7.07. The molecule has 9 nitrogen and oxygen atoms in total. The molecule has 4 rings (SSSR count). The molecule has 10 heteroatoms. The Bertz CT molecular complexity index is 1570. The number of thiazole rings is 1. The largest absolute Gasteiger partial charge is 0.497 e. The number of hydrogen-bond acceptors (Lipinski definition) is 9. The maximum atomic E-state index is 13.9. The van der Waals surface area contributed by atoms with Gasteiger partial charge in [-0.1, -0.05) is 17.4 Å². The third-order valence-corrected chi connectivity index (χ3v) is 7.03. The summed E-state index contributed by atoms with van der Waals surface area (Å²) in [5.41, 5.74) is 1.81. The molecule has 1 unspecified atom stereocenters. The van der Waals surface area contributed by atoms with Gasteiger partial charge in [-0.15, -0.1) is 0 Å². The van der Waals surface area contributed by atoms with E-state index in [1.807, 2.05) is 13.0 Å². The molecule has 3 aromatic rings. The van der Waals surface area contributed by atoms with Crippen molar-refractivity contribution < 1.29 is 28.5 Å². The van der Waals surface area contributed by atoms with E-state index in [1.54, 1.807) is 71.6 Å². The number of carbonyl (C=O) groups is 1. The van der Waals surface area contributed by atoms with Gasteiger partial charge in [-0.25, -0.2) is 9.79 Å². The zero-order valence-electron chi connectivity index (χ0n) is 22.2. The van der Waals surface area contributed by atoms with Gasteiger partial charge in [-0.2, -0.15) is 0 Å². The van der Waals surface area contributed by atoms with Crippen LogP contribution in [0, 0.1) is 0 Å². The van der Waals surface area contributed by atoms with Crippen molar-refractivity contribution in [3.05, 3.63) is 78.5 Å². The van der Waals surface area contributed by atoms with E-state index in [4.69, 9.17) is 23.7 Å². The summed E-state index contributed by atoms with van der Waals surface area (Å²) < 4.78 is 29.4. The lowest BCUT2D eigenvalue weighted by Crippen LogP contribution is -2.40. The van der Waals surface area contributed by atoms with E-state index in [0.29, 0.717) is 55.8 Å². The van der Waals surface area contributed by atoms with Crippen LogP contribution >= 0.6 is 11.3 Å². The van der Waals surface area contributed by atoms with Crippen LogP contribution in [0.1, 0.15) is 37.9 Å². The van der Waals surface area contributed by atoms with Crippen molar-refractivity contribution in [1.29, 1.82) is 0 Å². The van der Waals surface area contributed by atoms with Gasteiger partial charge < -0.3 is 23.7 Å². The smallest absolute Gasteiger partial charge is 0.338 e. The fourth-order valence-electron chi connectivity index (χ4n) is 4.33. The van der Waals surface area contributed by atoms with E-state index >= 15 is 0 Å². The number of allylic oxidation sites excluding steroid dienone is 1. The van der Waals surface area contributed by atoms with E-state index in [0.717, 1.165) is 0 Å². The highest BCUT2D eigenvalue weighted by atomic mass is 32.1. The fourth-order valence-corrected chi connectivity index (χ4v) is 5.37. The van der Waals surface area contributed by atoms with Crippen molar-refractivity contribution in [2.75, 3.05) is 34.5 Å². The molecular weight excluding hydrogens is 508 g/mol. The van der Waals surface area contributed by atoms with Gasteiger partial charge in [0.05, 0.1) is 56.4 Å². The van der Waals surface area contributed by atoms with Gasteiger partial charge in [0.1, 0.15) is 11.5 Å². The van der Waals surface area contributed by atoms with Gasteiger partial charge >= 0.3 is 5.97 Å². The fraction of sp³-hybridized carbons (Fsp3) is 0.321. The molecule has 0 saturated heterocycles. The van der Waals surface area contributed by atoms with E-state index < -0.39 is 12.0 Å². The van der Waals surface area contributed by atoms with Gasteiger partial charge in [-0.05, 0) is 62.7 Å². The summed E-state index contributed by atoms with van der Waals surface area (Å²) in [5.74, 6) is 1.74. The Morgan fingerprint density at radius 3 is 2.39 bits per heavy atom. The molecule has 38 heavy (non-hydrogen) atoms. The van der Waals surface area contributed by atoms with Crippen molar-refractivity contribution in [2.45, 2.75) is 26.8 Å². The second-order valence-corrected chi connectivity index (χ2v) is 9.26. The first-order chi connectivity index (χ1) is 18.4. The minimum Gasteiger partial charge on any atom is -0.497 e. The van der Waals surface area contributed by atoms with Crippen LogP contribution in [0.2, 0.25) is 0 Å². The molecular formula is C28H30N2O7S. The van der Waals surface area contributed by atoms with E-state index in [1.165, 1.54) is 15.9 Å². The Hall–Kier alpha value is -4.05. The van der Waals surface area contributed by atoms with Crippen molar-refractivity contribution in [1.82, 2.24) is 4.57 Å². The average Bonchev–Trinajstić information content (AvgIpc) is 3.22. The minimum absolute atomic E-state index is 0.190. The number of methoxy groups -OCH3 is 3. The number of hydrogen-bond donors (Lipinski definition) is 0. The lowest BCUT2D eigenvalue weighted by atomic mass is 9.95. The molecule has 0 fully saturated rings. The van der Waals surface area contributed by atoms with Gasteiger partial charge in [0.25, 0.3) is 5.56 Å². The molecule has 1 aliphatic rings. The second-order valence-electron chi connectivity index (χ2n) is 8.25. The van der Waals surface area contributed by atoms with Gasteiger partial charge in [-0.3, -0.25) is 9.36 Å². The maximum Gasteiger partial charge on any atom is 0.338 e. The first-order valence-corrected chi connectivity index (χ1v) is 12.9. The molecule has 0 spiro atoms. The van der Waals surface area contributed by atoms with E-state index in [2.05, 4.69) is 4.99 Å². The predicted octanol–water partition coefficient (Wildman–Crippen LogP) is 3.22. The van der Waals surface area contributed by atoms with Crippen molar-refractivity contribution in [2.24, 2.45) is 4.99 Å². The molecule has 0 N–H and O–H groups in total. The van der Waals surface area contributed by atoms with Crippen molar-refractivity contribution >= 4 is 23.4 Å². The highest BCUT2D eigenvalue weighted by Gasteiger charge is 2.34. The summed E-state index contributed by atoms with van der Waals surface area (Å²) in [6.07, 6.45) is 1.74. The standard InChI is InChI=1S/C28H30N2O7S/c1-7-36-22-14-17(9-11-21(22)35-6)25-24(27(32)37-8-2)16(3)29-28-30(25)26(31)23(38-28)15-18-13-19(33-4)10-12-20(18)34-5/h9-15,25H,7-8H2,1-6H3. The van der Waals surface area contributed by atoms with E-state index in [9.17, 15) is 9.59 Å². The lowest BCUT2D eigenvalue weighted by Gasteiger charge is -2.25. The number of benzene rings is 2. The number of esters is 1. The van der Waals surface area contributed by atoms with E-state index in [-0.39, 0.29) is 17.7 Å². The molecule has 1 atom stereocenters. The summed E-state index contributed by atoms with van der Waals surface area (Å²) in [4.78, 5) is 32.1. The molecule has 200 valence electrons. The van der Waals surface area contributed by atoms with Crippen LogP contribution in [0.4, 0.5) is 0 Å². The molecule has 0 radical (unpaired) electrons. The number of nitrogens with zero attached hydrogens (tertiary/aromatic N) is 2. The Labute approximate surface area is 224 Å². The minimum atomic E-state index is -0.773. The van der Waals surface area contributed by atoms with Crippen LogP contribution in [-0.4, -0.2) is 45.1 Å².